The molecule has 0 saturated heterocycles. The Morgan fingerprint density at radius 1 is 1.36 bits per heavy atom. The smallest absolute Gasteiger partial charge is 0.249 e. The van der Waals surface area contributed by atoms with Crippen LogP contribution in [0.5, 0.6) is 0 Å². The molecule has 14 heavy (non-hydrogen) atoms. The minimum absolute atomic E-state index is 0.0317. The Balaban J connectivity index is 2.84. The number of nitrogens with two attached hydrogens (primary N) is 2. The van der Waals surface area contributed by atoms with Gasteiger partial charge in [0, 0.05) is 11.3 Å². The number of rotatable bonds is 3. The summed E-state index contributed by atoms with van der Waals surface area (Å²) in [6.45, 7) is 0. The molecule has 0 spiro atoms. The lowest BCUT2D eigenvalue weighted by atomic mass is 10.1. The van der Waals surface area contributed by atoms with Crippen LogP contribution in [0.1, 0.15) is 15.9 Å². The van der Waals surface area contributed by atoms with Gasteiger partial charge in [-0.05, 0) is 11.6 Å². The van der Waals surface area contributed by atoms with Crippen molar-refractivity contribution in [3.63, 3.8) is 0 Å². The van der Waals surface area contributed by atoms with Crippen LogP contribution in [0.4, 0.5) is 0 Å². The summed E-state index contributed by atoms with van der Waals surface area (Å²) in [7, 11) is 0. The molecule has 1 rings (SSSR count). The Bertz CT molecular complexity index is 365. The van der Waals surface area contributed by atoms with Crippen molar-refractivity contribution in [2.45, 2.75) is 5.75 Å². The van der Waals surface area contributed by atoms with Gasteiger partial charge in [0.05, 0.1) is 0 Å². The fourth-order valence-electron chi connectivity index (χ4n) is 1.04. The maximum atomic E-state index is 11.0. The predicted molar refractivity (Wildman–Crippen MR) is 58.2 cm³/mol. The van der Waals surface area contributed by atoms with Crippen molar-refractivity contribution in [1.82, 2.24) is 0 Å². The number of thioether (sulfide) groups is 1. The molecule has 0 bridgehead atoms. The summed E-state index contributed by atoms with van der Waals surface area (Å²) in [5, 5.41) is 7.08. The second-order valence-electron chi connectivity index (χ2n) is 2.67. The first-order valence-corrected chi connectivity index (χ1v) is 4.94. The van der Waals surface area contributed by atoms with Crippen LogP contribution in [0.2, 0.25) is 0 Å². The first-order valence-electron chi connectivity index (χ1n) is 3.96. The van der Waals surface area contributed by atoms with E-state index in [1.54, 1.807) is 18.2 Å². The van der Waals surface area contributed by atoms with Crippen LogP contribution in [0.15, 0.2) is 24.3 Å². The van der Waals surface area contributed by atoms with Crippen LogP contribution in [0.25, 0.3) is 0 Å². The average Bonchev–Trinajstić information content (AvgIpc) is 2.15. The lowest BCUT2D eigenvalue weighted by molar-refractivity contribution is 0.0999. The number of amidine groups is 1. The highest BCUT2D eigenvalue weighted by Gasteiger charge is 2.06. The molecule has 0 heterocycles. The van der Waals surface area contributed by atoms with Gasteiger partial charge in [0.2, 0.25) is 5.91 Å². The van der Waals surface area contributed by atoms with E-state index >= 15 is 0 Å². The third-order valence-corrected chi connectivity index (χ3v) is 2.43. The topological polar surface area (TPSA) is 93.0 Å². The summed E-state index contributed by atoms with van der Waals surface area (Å²) in [5.41, 5.74) is 11.7. The largest absolute Gasteiger partial charge is 0.379 e. The molecule has 4 nitrogen and oxygen atoms in total. The van der Waals surface area contributed by atoms with Crippen LogP contribution in [0.3, 0.4) is 0 Å². The highest BCUT2D eigenvalue weighted by atomic mass is 32.2. The molecule has 5 heteroatoms. The molecule has 0 aliphatic rings. The molecule has 0 unspecified atom stereocenters. The molecule has 5 N–H and O–H groups in total. The number of nitrogens with one attached hydrogen (secondary N) is 1. The van der Waals surface area contributed by atoms with Crippen LogP contribution < -0.4 is 11.5 Å². The maximum Gasteiger partial charge on any atom is 0.249 e. The van der Waals surface area contributed by atoms with E-state index in [1.807, 2.05) is 6.07 Å². The number of hydrogen-bond acceptors (Lipinski definition) is 3. The van der Waals surface area contributed by atoms with Crippen LogP contribution in [-0.4, -0.2) is 11.1 Å². The van der Waals surface area contributed by atoms with Crippen molar-refractivity contribution in [3.8, 4) is 0 Å². The Morgan fingerprint density at radius 2 is 2.00 bits per heavy atom. The normalized spacial score (nSPS) is 9.71. The van der Waals surface area contributed by atoms with Crippen molar-refractivity contribution in [2.24, 2.45) is 11.5 Å². The van der Waals surface area contributed by atoms with Gasteiger partial charge in [0.15, 0.2) is 5.17 Å². The minimum atomic E-state index is -0.454. The number of carbonyl (C=O) groups excluding carboxylic acids is 1. The van der Waals surface area contributed by atoms with Gasteiger partial charge < -0.3 is 11.5 Å². The first kappa shape index (κ1) is 10.6. The van der Waals surface area contributed by atoms with Gasteiger partial charge in [-0.3, -0.25) is 10.2 Å². The number of amides is 1. The van der Waals surface area contributed by atoms with Crippen LogP contribution >= 0.6 is 11.8 Å². The van der Waals surface area contributed by atoms with Gasteiger partial charge in [-0.25, -0.2) is 0 Å². The highest BCUT2D eigenvalue weighted by molar-refractivity contribution is 8.13. The quantitative estimate of drug-likeness (QED) is 0.510. The van der Waals surface area contributed by atoms with Gasteiger partial charge in [-0.15, -0.1) is 0 Å². The van der Waals surface area contributed by atoms with Crippen molar-refractivity contribution in [1.29, 1.82) is 5.41 Å². The number of hydrogen-bond donors (Lipinski definition) is 3. The fraction of sp³-hybridized carbons (Fsp3) is 0.111. The molecule has 1 aromatic rings. The molecule has 74 valence electrons. The van der Waals surface area contributed by atoms with Gasteiger partial charge in [-0.2, -0.15) is 0 Å². The summed E-state index contributed by atoms with van der Waals surface area (Å²) < 4.78 is 0. The predicted octanol–water partition coefficient (Wildman–Crippen LogP) is 0.912. The van der Waals surface area contributed by atoms with E-state index in [0.717, 1.165) is 5.56 Å². The zero-order valence-electron chi connectivity index (χ0n) is 7.49. The van der Waals surface area contributed by atoms with Crippen molar-refractivity contribution in [2.75, 3.05) is 0 Å². The Labute approximate surface area is 86.2 Å². The maximum absolute atomic E-state index is 11.0. The highest BCUT2D eigenvalue weighted by Crippen LogP contribution is 2.15. The minimum Gasteiger partial charge on any atom is -0.379 e. The van der Waals surface area contributed by atoms with E-state index in [-0.39, 0.29) is 5.17 Å². The third kappa shape index (κ3) is 2.77. The first-order chi connectivity index (χ1) is 6.61. The molecule has 0 radical (unpaired) electrons. The lowest BCUT2D eigenvalue weighted by Gasteiger charge is -2.04. The fourth-order valence-corrected chi connectivity index (χ4v) is 1.60. The van der Waals surface area contributed by atoms with E-state index < -0.39 is 5.91 Å². The van der Waals surface area contributed by atoms with E-state index in [1.165, 1.54) is 11.8 Å². The summed E-state index contributed by atoms with van der Waals surface area (Å²) in [4.78, 5) is 11.0. The van der Waals surface area contributed by atoms with Crippen LogP contribution in [0, 0.1) is 5.41 Å². The Hall–Kier alpha value is -1.49. The average molecular weight is 209 g/mol. The number of benzene rings is 1. The second kappa shape index (κ2) is 4.66. The molecule has 0 aliphatic heterocycles. The summed E-state index contributed by atoms with van der Waals surface area (Å²) in [6, 6.07) is 7.04. The van der Waals surface area contributed by atoms with Crippen LogP contribution in [-0.2, 0) is 5.75 Å². The molecule has 1 aromatic carbocycles. The van der Waals surface area contributed by atoms with Crippen molar-refractivity contribution < 1.29 is 4.79 Å². The Morgan fingerprint density at radius 3 is 2.57 bits per heavy atom. The van der Waals surface area contributed by atoms with Gasteiger partial charge >= 0.3 is 0 Å². The van der Waals surface area contributed by atoms with E-state index in [9.17, 15) is 4.79 Å². The summed E-state index contributed by atoms with van der Waals surface area (Å²) >= 11 is 1.17. The zero-order chi connectivity index (χ0) is 10.6. The Kier molecular flexibility index (Phi) is 3.53. The van der Waals surface area contributed by atoms with Gasteiger partial charge in [0.25, 0.3) is 0 Å². The molecule has 0 aliphatic carbocycles. The number of primary amides is 1. The molecular formula is C9H11N3OS. The molecule has 0 atom stereocenters. The monoisotopic (exact) mass is 209 g/mol. The van der Waals surface area contributed by atoms with Crippen molar-refractivity contribution in [3.05, 3.63) is 35.4 Å². The second-order valence-corrected chi connectivity index (χ2v) is 3.69. The van der Waals surface area contributed by atoms with Crippen molar-refractivity contribution >= 4 is 22.8 Å². The summed E-state index contributed by atoms with van der Waals surface area (Å²) in [5.74, 6) is 0.0406. The molecule has 0 aromatic heterocycles. The van der Waals surface area contributed by atoms with E-state index in [0.29, 0.717) is 11.3 Å². The van der Waals surface area contributed by atoms with E-state index in [4.69, 9.17) is 16.9 Å². The number of carbonyl (C=O) groups is 1. The SMILES string of the molecule is N=C(N)SCc1ccccc1C(N)=O. The molecule has 1 amide bonds. The van der Waals surface area contributed by atoms with Gasteiger partial charge in [-0.1, -0.05) is 30.0 Å². The lowest BCUT2D eigenvalue weighted by Crippen LogP contribution is -2.14. The summed E-state index contributed by atoms with van der Waals surface area (Å²) in [6.07, 6.45) is 0. The third-order valence-electron chi connectivity index (χ3n) is 1.67. The van der Waals surface area contributed by atoms with Gasteiger partial charge in [0.1, 0.15) is 0 Å². The zero-order valence-corrected chi connectivity index (χ0v) is 8.30. The van der Waals surface area contributed by atoms with E-state index in [2.05, 4.69) is 0 Å². The molecule has 0 fully saturated rings. The molecule has 0 saturated carbocycles. The molecular weight excluding hydrogens is 198 g/mol. The standard InChI is InChI=1S/C9H11N3OS/c10-8(13)7-4-2-1-3-6(7)5-14-9(11)12/h1-4H,5H2,(H2,10,13)(H3,11,12).